The summed E-state index contributed by atoms with van der Waals surface area (Å²) >= 11 is 0. The number of nitrogens with one attached hydrogen (secondary N) is 1. The summed E-state index contributed by atoms with van der Waals surface area (Å²) < 4.78 is 74.0. The molecule has 0 aliphatic heterocycles. The summed E-state index contributed by atoms with van der Waals surface area (Å²) in [6.45, 7) is 2.24. The molecule has 1 atom stereocenters. The number of hydrogen-bond donors (Lipinski definition) is 1. The summed E-state index contributed by atoms with van der Waals surface area (Å²) in [5.41, 5.74) is -0.483. The smallest absolute Gasteiger partial charge is 0.408 e. The van der Waals surface area contributed by atoms with Crippen molar-refractivity contribution in [3.63, 3.8) is 0 Å². The molecule has 144 valence electrons. The lowest BCUT2D eigenvalue weighted by Gasteiger charge is -2.22. The second kappa shape index (κ2) is 6.63. The summed E-state index contributed by atoms with van der Waals surface area (Å²) in [5.74, 6) is -2.16. The number of benzene rings is 1. The van der Waals surface area contributed by atoms with Gasteiger partial charge in [-0.2, -0.15) is 32.8 Å². The van der Waals surface area contributed by atoms with E-state index in [0.717, 1.165) is 29.9 Å². The van der Waals surface area contributed by atoms with Gasteiger partial charge in [-0.25, -0.2) is 8.78 Å². The Labute approximate surface area is 150 Å². The van der Waals surface area contributed by atoms with Crippen LogP contribution < -0.4 is 10.1 Å². The number of anilines is 1. The number of aromatic nitrogens is 4. The van der Waals surface area contributed by atoms with Gasteiger partial charge in [0, 0.05) is 5.56 Å². The van der Waals surface area contributed by atoms with Crippen molar-refractivity contribution in [3.05, 3.63) is 35.7 Å². The maximum atomic E-state index is 14.6. The van der Waals surface area contributed by atoms with Crippen molar-refractivity contribution < 1.29 is 26.7 Å². The summed E-state index contributed by atoms with van der Waals surface area (Å²) in [5, 5.41) is 6.07. The average molecular weight is 387 g/mol. The fourth-order valence-corrected chi connectivity index (χ4v) is 2.47. The average Bonchev–Trinajstić information content (AvgIpc) is 3.05. The first-order chi connectivity index (χ1) is 12.6. The number of rotatable bonds is 4. The van der Waals surface area contributed by atoms with Gasteiger partial charge >= 0.3 is 6.18 Å². The summed E-state index contributed by atoms with van der Waals surface area (Å²) in [6.07, 6.45) is -3.53. The third kappa shape index (κ3) is 3.36. The van der Waals surface area contributed by atoms with Crippen LogP contribution in [0.15, 0.2) is 18.5 Å². The van der Waals surface area contributed by atoms with Crippen molar-refractivity contribution in [1.29, 1.82) is 0 Å². The lowest BCUT2D eigenvalue weighted by Crippen LogP contribution is -2.34. The SMILES string of the molecule is COc1nc2ncnn2c(NC(C)C(F)(F)F)c1-c1cc(F)c(C)cc1F. The molecule has 1 unspecified atom stereocenters. The van der Waals surface area contributed by atoms with Gasteiger partial charge < -0.3 is 10.1 Å². The van der Waals surface area contributed by atoms with Crippen LogP contribution in [-0.2, 0) is 0 Å². The van der Waals surface area contributed by atoms with Crippen LogP contribution in [0.3, 0.4) is 0 Å². The van der Waals surface area contributed by atoms with Crippen molar-refractivity contribution in [2.24, 2.45) is 0 Å². The van der Waals surface area contributed by atoms with E-state index in [1.54, 1.807) is 0 Å². The Balaban J connectivity index is 2.33. The van der Waals surface area contributed by atoms with Gasteiger partial charge in [-0.15, -0.1) is 0 Å². The predicted molar refractivity (Wildman–Crippen MR) is 86.6 cm³/mol. The van der Waals surface area contributed by atoms with Crippen LogP contribution in [-0.4, -0.2) is 38.9 Å². The molecular formula is C16H14F5N5O. The molecule has 0 radical (unpaired) electrons. The van der Waals surface area contributed by atoms with Crippen LogP contribution >= 0.6 is 0 Å². The summed E-state index contributed by atoms with van der Waals surface area (Å²) in [4.78, 5) is 7.83. The molecule has 11 heteroatoms. The molecule has 1 N–H and O–H groups in total. The molecule has 2 aromatic heterocycles. The number of ether oxygens (including phenoxy) is 1. The minimum Gasteiger partial charge on any atom is -0.480 e. The molecule has 0 aliphatic rings. The van der Waals surface area contributed by atoms with Crippen LogP contribution in [0.5, 0.6) is 5.88 Å². The standard InChI is InChI=1S/C16H14F5N5O/c1-7-4-11(18)9(5-10(7)17)12-13(24-8(2)16(19,20)21)26-15(22-6-23-26)25-14(12)27-3/h4-6,8,24H,1-3H3. The zero-order valence-electron chi connectivity index (χ0n) is 14.4. The maximum absolute atomic E-state index is 14.6. The van der Waals surface area contributed by atoms with Crippen molar-refractivity contribution in [2.75, 3.05) is 12.4 Å². The summed E-state index contributed by atoms with van der Waals surface area (Å²) in [7, 11) is 1.21. The van der Waals surface area contributed by atoms with Crippen LogP contribution in [0.4, 0.5) is 27.8 Å². The Morgan fingerprint density at radius 3 is 2.52 bits per heavy atom. The Hall–Kier alpha value is -2.98. The van der Waals surface area contributed by atoms with Gasteiger partial charge in [-0.1, -0.05) is 0 Å². The molecule has 0 amide bonds. The van der Waals surface area contributed by atoms with E-state index < -0.39 is 23.9 Å². The minimum atomic E-state index is -4.60. The van der Waals surface area contributed by atoms with Gasteiger partial charge in [-0.3, -0.25) is 0 Å². The Kier molecular flexibility index (Phi) is 4.62. The molecule has 0 saturated carbocycles. The largest absolute Gasteiger partial charge is 0.480 e. The Bertz CT molecular complexity index is 1000. The zero-order valence-corrected chi connectivity index (χ0v) is 14.4. The van der Waals surface area contributed by atoms with Crippen molar-refractivity contribution in [1.82, 2.24) is 19.6 Å². The molecule has 6 nitrogen and oxygen atoms in total. The number of methoxy groups -OCH3 is 1. The van der Waals surface area contributed by atoms with E-state index >= 15 is 0 Å². The van der Waals surface area contributed by atoms with Gasteiger partial charge in [0.25, 0.3) is 5.78 Å². The van der Waals surface area contributed by atoms with E-state index in [2.05, 4.69) is 20.4 Å². The second-order valence-corrected chi connectivity index (χ2v) is 5.81. The number of nitrogens with zero attached hydrogens (tertiary/aromatic N) is 4. The number of alkyl halides is 3. The highest BCUT2D eigenvalue weighted by Crippen LogP contribution is 2.39. The zero-order chi connectivity index (χ0) is 19.9. The number of halogens is 5. The molecule has 2 heterocycles. The van der Waals surface area contributed by atoms with Gasteiger partial charge in [0.05, 0.1) is 12.7 Å². The highest BCUT2D eigenvalue weighted by atomic mass is 19.4. The fraction of sp³-hybridized carbons (Fsp3) is 0.312. The van der Waals surface area contributed by atoms with E-state index in [-0.39, 0.29) is 34.2 Å². The number of hydrogen-bond acceptors (Lipinski definition) is 5. The van der Waals surface area contributed by atoms with E-state index in [4.69, 9.17) is 4.74 Å². The van der Waals surface area contributed by atoms with E-state index in [1.165, 1.54) is 14.0 Å². The molecule has 3 aromatic rings. The van der Waals surface area contributed by atoms with E-state index in [9.17, 15) is 22.0 Å². The molecule has 1 aromatic carbocycles. The van der Waals surface area contributed by atoms with Crippen LogP contribution in [0.25, 0.3) is 16.9 Å². The molecule has 0 saturated heterocycles. The third-order valence-electron chi connectivity index (χ3n) is 3.95. The van der Waals surface area contributed by atoms with Gasteiger partial charge in [0.2, 0.25) is 5.88 Å². The van der Waals surface area contributed by atoms with Crippen LogP contribution in [0, 0.1) is 18.6 Å². The normalized spacial score (nSPS) is 13.0. The van der Waals surface area contributed by atoms with Crippen molar-refractivity contribution in [2.45, 2.75) is 26.1 Å². The molecule has 0 fully saturated rings. The third-order valence-corrected chi connectivity index (χ3v) is 3.95. The molecular weight excluding hydrogens is 373 g/mol. The quantitative estimate of drug-likeness (QED) is 0.691. The van der Waals surface area contributed by atoms with Gasteiger partial charge in [0.15, 0.2) is 0 Å². The predicted octanol–water partition coefficient (Wildman–Crippen LogP) is 3.75. The first kappa shape index (κ1) is 18.8. The molecule has 0 spiro atoms. The highest BCUT2D eigenvalue weighted by molar-refractivity contribution is 5.82. The highest BCUT2D eigenvalue weighted by Gasteiger charge is 2.37. The Morgan fingerprint density at radius 1 is 1.19 bits per heavy atom. The number of fused-ring (bicyclic) bond motifs is 1. The monoisotopic (exact) mass is 387 g/mol. The molecule has 0 bridgehead atoms. The van der Waals surface area contributed by atoms with Gasteiger partial charge in [0.1, 0.15) is 29.8 Å². The Morgan fingerprint density at radius 2 is 1.89 bits per heavy atom. The minimum absolute atomic E-state index is 0.0446. The maximum Gasteiger partial charge on any atom is 0.408 e. The van der Waals surface area contributed by atoms with Crippen molar-refractivity contribution >= 4 is 11.6 Å². The van der Waals surface area contributed by atoms with E-state index in [0.29, 0.717) is 0 Å². The lowest BCUT2D eigenvalue weighted by molar-refractivity contribution is -0.138. The fourth-order valence-electron chi connectivity index (χ4n) is 2.47. The van der Waals surface area contributed by atoms with E-state index in [1.807, 2.05) is 0 Å². The molecule has 27 heavy (non-hydrogen) atoms. The first-order valence-electron chi connectivity index (χ1n) is 7.70. The lowest BCUT2D eigenvalue weighted by atomic mass is 10.0. The first-order valence-corrected chi connectivity index (χ1v) is 7.70. The van der Waals surface area contributed by atoms with Crippen LogP contribution in [0.2, 0.25) is 0 Å². The number of aryl methyl sites for hydroxylation is 1. The van der Waals surface area contributed by atoms with Crippen LogP contribution in [0.1, 0.15) is 12.5 Å². The van der Waals surface area contributed by atoms with Crippen molar-refractivity contribution in [3.8, 4) is 17.0 Å². The topological polar surface area (TPSA) is 64.3 Å². The van der Waals surface area contributed by atoms with Gasteiger partial charge in [-0.05, 0) is 31.5 Å². The molecule has 3 rings (SSSR count). The second-order valence-electron chi connectivity index (χ2n) is 5.81. The summed E-state index contributed by atoms with van der Waals surface area (Å²) in [6, 6.07) is -0.211. The molecule has 0 aliphatic carbocycles.